The lowest BCUT2D eigenvalue weighted by molar-refractivity contribution is -0.0177. The Balaban J connectivity index is 2.11. The molecule has 4 heteroatoms. The van der Waals surface area contributed by atoms with Crippen LogP contribution in [0.1, 0.15) is 77.1 Å². The summed E-state index contributed by atoms with van der Waals surface area (Å²) in [5, 5.41) is 2.43. The van der Waals surface area contributed by atoms with Gasteiger partial charge < -0.3 is 4.74 Å². The van der Waals surface area contributed by atoms with Crippen molar-refractivity contribution in [3.8, 4) is 0 Å². The number of unbranched alkanes of at least 4 members (excludes halogenated alkanes) is 1. The van der Waals surface area contributed by atoms with E-state index in [2.05, 4.69) is 32.2 Å². The third-order valence-electron chi connectivity index (χ3n) is 4.73. The van der Waals surface area contributed by atoms with Gasteiger partial charge in [-0.15, -0.1) is 0 Å². The molecule has 4 nitrogen and oxygen atoms in total. The quantitative estimate of drug-likeness (QED) is 0.685. The molecule has 1 aromatic carbocycles. The van der Waals surface area contributed by atoms with Gasteiger partial charge in [-0.05, 0) is 41.9 Å². The van der Waals surface area contributed by atoms with Gasteiger partial charge in [-0.25, -0.2) is 0 Å². The van der Waals surface area contributed by atoms with E-state index in [1.807, 2.05) is 6.92 Å². The van der Waals surface area contributed by atoms with Crippen LogP contribution in [0.4, 0.5) is 0 Å². The topological polar surface area (TPSA) is 55.4 Å². The molecule has 0 bridgehead atoms. The molecule has 1 heterocycles. The minimum absolute atomic E-state index is 0.0659. The number of hydrogen-bond acceptors (Lipinski definition) is 3. The van der Waals surface area contributed by atoms with Crippen molar-refractivity contribution in [3.63, 3.8) is 0 Å². The van der Waals surface area contributed by atoms with E-state index in [1.165, 1.54) is 0 Å². The highest BCUT2D eigenvalue weighted by molar-refractivity contribution is 6.23. The molecule has 2 amide bonds. The van der Waals surface area contributed by atoms with Crippen molar-refractivity contribution in [1.82, 2.24) is 5.32 Å². The van der Waals surface area contributed by atoms with Gasteiger partial charge >= 0.3 is 0 Å². The van der Waals surface area contributed by atoms with Gasteiger partial charge in [0.15, 0.2) is 0 Å². The Kier molecular flexibility index (Phi) is 3.60. The van der Waals surface area contributed by atoms with E-state index in [-0.39, 0.29) is 23.3 Å². The van der Waals surface area contributed by atoms with E-state index in [0.29, 0.717) is 17.7 Å². The second-order valence-electron chi connectivity index (χ2n) is 7.07. The Hall–Kier alpha value is -1.68. The van der Waals surface area contributed by atoms with Crippen LogP contribution >= 0.6 is 0 Å². The Morgan fingerprint density at radius 2 is 1.95 bits per heavy atom. The first-order valence-corrected chi connectivity index (χ1v) is 8.00. The third kappa shape index (κ3) is 2.17. The van der Waals surface area contributed by atoms with Crippen LogP contribution in [-0.2, 0) is 11.2 Å². The Morgan fingerprint density at radius 3 is 2.64 bits per heavy atom. The number of fused-ring (bicyclic) bond motifs is 3. The highest BCUT2D eigenvalue weighted by atomic mass is 16.5. The zero-order valence-corrected chi connectivity index (χ0v) is 13.7. The lowest BCUT2D eigenvalue weighted by Crippen LogP contribution is -2.23. The molecule has 0 aromatic heterocycles. The monoisotopic (exact) mass is 301 g/mol. The molecule has 3 rings (SSSR count). The number of amides is 2. The van der Waals surface area contributed by atoms with E-state index in [1.54, 1.807) is 0 Å². The molecule has 1 aliphatic carbocycles. The maximum atomic E-state index is 12.3. The van der Waals surface area contributed by atoms with Crippen molar-refractivity contribution < 1.29 is 14.3 Å². The summed E-state index contributed by atoms with van der Waals surface area (Å²) in [5.41, 5.74) is 3.97. The molecule has 2 aliphatic rings. The highest BCUT2D eigenvalue weighted by Gasteiger charge is 2.45. The van der Waals surface area contributed by atoms with Crippen LogP contribution in [0.2, 0.25) is 0 Å². The lowest BCUT2D eigenvalue weighted by Gasteiger charge is -2.28. The van der Waals surface area contributed by atoms with Gasteiger partial charge in [-0.3, -0.25) is 14.9 Å². The van der Waals surface area contributed by atoms with Crippen molar-refractivity contribution in [2.75, 3.05) is 6.61 Å². The number of hydrogen-bond donors (Lipinski definition) is 1. The van der Waals surface area contributed by atoms with Crippen molar-refractivity contribution in [3.05, 3.63) is 33.9 Å². The average molecular weight is 301 g/mol. The maximum Gasteiger partial charge on any atom is 0.259 e. The van der Waals surface area contributed by atoms with Gasteiger partial charge in [0, 0.05) is 6.61 Å². The molecular formula is C18H23NO3. The fourth-order valence-corrected chi connectivity index (χ4v) is 3.73. The molecule has 0 saturated carbocycles. The van der Waals surface area contributed by atoms with Crippen LogP contribution < -0.4 is 5.32 Å². The highest BCUT2D eigenvalue weighted by Crippen LogP contribution is 2.50. The minimum atomic E-state index is -0.280. The predicted molar refractivity (Wildman–Crippen MR) is 84.1 cm³/mol. The molecular weight excluding hydrogens is 278 g/mol. The van der Waals surface area contributed by atoms with Crippen LogP contribution in [0, 0.1) is 12.3 Å². The summed E-state index contributed by atoms with van der Waals surface area (Å²) < 4.78 is 6.14. The molecule has 22 heavy (non-hydrogen) atoms. The van der Waals surface area contributed by atoms with Crippen molar-refractivity contribution in [2.24, 2.45) is 5.41 Å². The van der Waals surface area contributed by atoms with Crippen LogP contribution in [0.5, 0.6) is 0 Å². The standard InChI is InChI=1S/C18H23NO3/c1-5-6-7-22-15-13-11(9-18(15,3)4)8-10(2)12-14(13)17(21)19-16(12)20/h8,15H,5-7,9H2,1-4H3,(H,19,20,21)/t15-/m0/s1. The second kappa shape index (κ2) is 5.20. The van der Waals surface area contributed by atoms with E-state index in [4.69, 9.17) is 4.74 Å². The first-order valence-electron chi connectivity index (χ1n) is 8.00. The number of ether oxygens (including phenoxy) is 1. The fraction of sp³-hybridized carbons (Fsp3) is 0.556. The first kappa shape index (κ1) is 15.2. The average Bonchev–Trinajstić information content (AvgIpc) is 2.84. The molecule has 0 radical (unpaired) electrons. The summed E-state index contributed by atoms with van der Waals surface area (Å²) in [5.74, 6) is -0.556. The lowest BCUT2D eigenvalue weighted by atomic mass is 9.86. The fourth-order valence-electron chi connectivity index (χ4n) is 3.73. The van der Waals surface area contributed by atoms with Crippen LogP contribution in [0.3, 0.4) is 0 Å². The van der Waals surface area contributed by atoms with Crippen LogP contribution in [0.15, 0.2) is 6.07 Å². The van der Waals surface area contributed by atoms with Crippen molar-refractivity contribution in [1.29, 1.82) is 0 Å². The van der Waals surface area contributed by atoms with Crippen molar-refractivity contribution in [2.45, 2.75) is 53.1 Å². The Morgan fingerprint density at radius 1 is 1.27 bits per heavy atom. The smallest absolute Gasteiger partial charge is 0.259 e. The molecule has 1 atom stereocenters. The first-order chi connectivity index (χ1) is 10.4. The Bertz CT molecular complexity index is 661. The molecule has 0 spiro atoms. The SMILES string of the molecule is CCCCO[C@H]1c2c(cc(C)c3c2C(=O)NC3=O)CC1(C)C. The maximum absolute atomic E-state index is 12.3. The minimum Gasteiger partial charge on any atom is -0.373 e. The number of rotatable bonds is 4. The van der Waals surface area contributed by atoms with E-state index in [9.17, 15) is 9.59 Å². The van der Waals surface area contributed by atoms with Gasteiger partial charge in [-0.2, -0.15) is 0 Å². The summed E-state index contributed by atoms with van der Waals surface area (Å²) in [7, 11) is 0. The van der Waals surface area contributed by atoms with Gasteiger partial charge in [0.2, 0.25) is 0 Å². The number of aryl methyl sites for hydroxylation is 1. The van der Waals surface area contributed by atoms with Gasteiger partial charge in [-0.1, -0.05) is 33.3 Å². The summed E-state index contributed by atoms with van der Waals surface area (Å²) in [6, 6.07) is 2.05. The molecule has 0 fully saturated rings. The summed E-state index contributed by atoms with van der Waals surface area (Å²) in [6.45, 7) is 9.04. The molecule has 1 aromatic rings. The number of nitrogens with one attached hydrogen (secondary N) is 1. The molecule has 1 N–H and O–H groups in total. The van der Waals surface area contributed by atoms with Crippen LogP contribution in [-0.4, -0.2) is 18.4 Å². The molecule has 1 aliphatic heterocycles. The van der Waals surface area contributed by atoms with Gasteiger partial charge in [0.1, 0.15) is 0 Å². The molecule has 118 valence electrons. The third-order valence-corrected chi connectivity index (χ3v) is 4.73. The number of carbonyl (C=O) groups excluding carboxylic acids is 2. The molecule has 0 saturated heterocycles. The van der Waals surface area contributed by atoms with Crippen LogP contribution in [0.25, 0.3) is 0 Å². The number of benzene rings is 1. The number of imide groups is 1. The second-order valence-corrected chi connectivity index (χ2v) is 7.07. The van der Waals surface area contributed by atoms with Gasteiger partial charge in [0.25, 0.3) is 11.8 Å². The zero-order chi connectivity index (χ0) is 16.1. The normalized spacial score (nSPS) is 21.7. The summed E-state index contributed by atoms with van der Waals surface area (Å²) >= 11 is 0. The van der Waals surface area contributed by atoms with E-state index < -0.39 is 0 Å². The zero-order valence-electron chi connectivity index (χ0n) is 13.7. The predicted octanol–water partition coefficient (Wildman–Crippen LogP) is 3.32. The Labute approximate surface area is 131 Å². The number of carbonyl (C=O) groups is 2. The summed E-state index contributed by atoms with van der Waals surface area (Å²) in [4.78, 5) is 24.3. The molecule has 0 unspecified atom stereocenters. The van der Waals surface area contributed by atoms with E-state index >= 15 is 0 Å². The van der Waals surface area contributed by atoms with Gasteiger partial charge in [0.05, 0.1) is 17.2 Å². The van der Waals surface area contributed by atoms with E-state index in [0.717, 1.165) is 36.0 Å². The summed E-state index contributed by atoms with van der Waals surface area (Å²) in [6.07, 6.45) is 2.82. The largest absolute Gasteiger partial charge is 0.373 e. The van der Waals surface area contributed by atoms with Crippen molar-refractivity contribution >= 4 is 11.8 Å².